The number of amides is 1. The molecule has 3 heterocycles. The molecule has 188 valence electrons. The Balaban J connectivity index is 1.49. The van der Waals surface area contributed by atoms with E-state index in [4.69, 9.17) is 14.2 Å². The van der Waals surface area contributed by atoms with Crippen molar-refractivity contribution in [1.82, 2.24) is 19.8 Å². The van der Waals surface area contributed by atoms with Gasteiger partial charge in [0.1, 0.15) is 5.75 Å². The number of rotatable bonds is 5. The molecule has 0 aliphatic carbocycles. The van der Waals surface area contributed by atoms with Crippen LogP contribution in [0.15, 0.2) is 42.6 Å². The highest BCUT2D eigenvalue weighted by Gasteiger charge is 2.27. The number of halogens is 1. The Labute approximate surface area is 208 Å². The number of pyridine rings is 1. The number of H-pyrrole nitrogens is 1. The van der Waals surface area contributed by atoms with Crippen LogP contribution in [-0.2, 0) is 0 Å². The van der Waals surface area contributed by atoms with Gasteiger partial charge in [-0.05, 0) is 58.2 Å². The van der Waals surface area contributed by atoms with Gasteiger partial charge in [-0.3, -0.25) is 4.98 Å². The lowest BCUT2D eigenvalue weighted by Crippen LogP contribution is -2.52. The number of aromatic amines is 1. The molecule has 1 aliphatic rings. The van der Waals surface area contributed by atoms with Crippen LogP contribution >= 0.6 is 0 Å². The van der Waals surface area contributed by atoms with E-state index in [0.29, 0.717) is 53.0 Å². The minimum Gasteiger partial charge on any atom is -0.490 e. The topological polar surface area (TPSA) is 79.9 Å². The van der Waals surface area contributed by atoms with Gasteiger partial charge in [0, 0.05) is 59.9 Å². The lowest BCUT2D eigenvalue weighted by atomic mass is 10.1. The van der Waals surface area contributed by atoms with E-state index in [1.54, 1.807) is 47.5 Å². The number of carbonyl (C=O) groups excluding carboxylic acids is 1. The normalized spacial score (nSPS) is 16.5. The summed E-state index contributed by atoms with van der Waals surface area (Å²) in [6.07, 6.45) is 1.14. The van der Waals surface area contributed by atoms with E-state index in [-0.39, 0.29) is 17.5 Å². The van der Waals surface area contributed by atoms with Gasteiger partial charge in [0.15, 0.2) is 23.1 Å². The first-order chi connectivity index (χ1) is 17.3. The minimum absolute atomic E-state index is 0.0906. The molecular formula is C27H29FN4O4. The molecule has 1 atom stereocenters. The Morgan fingerprint density at radius 2 is 1.94 bits per heavy atom. The van der Waals surface area contributed by atoms with Gasteiger partial charge in [-0.2, -0.15) is 0 Å². The second-order valence-corrected chi connectivity index (χ2v) is 9.10. The molecule has 5 rings (SSSR count). The van der Waals surface area contributed by atoms with Crippen LogP contribution in [0.3, 0.4) is 0 Å². The lowest BCUT2D eigenvalue weighted by molar-refractivity contribution is 0.0930. The number of nitrogens with one attached hydrogen (secondary N) is 1. The van der Waals surface area contributed by atoms with Crippen molar-refractivity contribution < 1.29 is 23.4 Å². The van der Waals surface area contributed by atoms with Crippen molar-refractivity contribution in [2.75, 3.05) is 33.3 Å². The van der Waals surface area contributed by atoms with Crippen LogP contribution in [0.5, 0.6) is 23.0 Å². The van der Waals surface area contributed by atoms with E-state index < -0.39 is 11.9 Å². The molecule has 0 radical (unpaired) electrons. The maximum Gasteiger partial charge on any atom is 0.415 e. The van der Waals surface area contributed by atoms with E-state index in [1.807, 2.05) is 20.9 Å². The summed E-state index contributed by atoms with van der Waals surface area (Å²) >= 11 is 0. The number of benzene rings is 2. The summed E-state index contributed by atoms with van der Waals surface area (Å²) in [6.45, 7) is 8.10. The van der Waals surface area contributed by atoms with Gasteiger partial charge >= 0.3 is 6.09 Å². The molecule has 1 amide bonds. The van der Waals surface area contributed by atoms with E-state index in [1.165, 1.54) is 0 Å². The minimum atomic E-state index is -0.455. The highest BCUT2D eigenvalue weighted by molar-refractivity contribution is 5.89. The molecule has 1 aliphatic heterocycles. The van der Waals surface area contributed by atoms with Crippen LogP contribution in [0.4, 0.5) is 9.18 Å². The smallest absolute Gasteiger partial charge is 0.415 e. The molecule has 1 fully saturated rings. The first kappa shape index (κ1) is 23.9. The average Bonchev–Trinajstić information content (AvgIpc) is 3.24. The Morgan fingerprint density at radius 1 is 1.11 bits per heavy atom. The van der Waals surface area contributed by atoms with Gasteiger partial charge in [-0.25, -0.2) is 9.18 Å². The summed E-state index contributed by atoms with van der Waals surface area (Å²) in [5.74, 6) is 0.687. The fraction of sp³-hybridized carbons (Fsp3) is 0.333. The first-order valence-corrected chi connectivity index (χ1v) is 12.0. The van der Waals surface area contributed by atoms with Crippen LogP contribution in [0.25, 0.3) is 21.8 Å². The van der Waals surface area contributed by atoms with Crippen LogP contribution in [-0.4, -0.2) is 65.2 Å². The average molecular weight is 493 g/mol. The van der Waals surface area contributed by atoms with Gasteiger partial charge in [0.05, 0.1) is 12.1 Å². The standard InChI is InChI=1S/C27H29FN4O4/c1-5-34-24-14-21-18(13-25(24)36-27(33)32-11-10-31(4)17(3)15-32)22(8-9-29-21)35-23-7-6-20-19(26(23)28)12-16(2)30-20/h6-9,12-14,17,30H,5,10-11,15H2,1-4H3/t17-/m0/s1. The van der Waals surface area contributed by atoms with Crippen molar-refractivity contribution in [1.29, 1.82) is 0 Å². The third kappa shape index (κ3) is 4.54. The number of carbonyl (C=O) groups is 1. The number of aromatic nitrogens is 2. The fourth-order valence-electron chi connectivity index (χ4n) is 4.42. The molecule has 0 bridgehead atoms. The molecule has 1 saturated heterocycles. The monoisotopic (exact) mass is 492 g/mol. The maximum absolute atomic E-state index is 15.2. The molecule has 36 heavy (non-hydrogen) atoms. The molecule has 2 aromatic carbocycles. The number of fused-ring (bicyclic) bond motifs is 2. The first-order valence-electron chi connectivity index (χ1n) is 12.0. The van der Waals surface area contributed by atoms with Crippen LogP contribution in [0.1, 0.15) is 19.5 Å². The van der Waals surface area contributed by atoms with E-state index in [9.17, 15) is 4.79 Å². The number of piperazine rings is 1. The highest BCUT2D eigenvalue weighted by Crippen LogP contribution is 2.39. The van der Waals surface area contributed by atoms with Crippen LogP contribution in [0.2, 0.25) is 0 Å². The van der Waals surface area contributed by atoms with E-state index in [0.717, 1.165) is 12.2 Å². The van der Waals surface area contributed by atoms with Gasteiger partial charge in [0.25, 0.3) is 0 Å². The number of hydrogen-bond donors (Lipinski definition) is 1. The predicted molar refractivity (Wildman–Crippen MR) is 136 cm³/mol. The quantitative estimate of drug-likeness (QED) is 0.397. The van der Waals surface area contributed by atoms with Gasteiger partial charge < -0.3 is 29.0 Å². The number of nitrogens with zero attached hydrogens (tertiary/aromatic N) is 3. The Morgan fingerprint density at radius 3 is 2.72 bits per heavy atom. The Kier molecular flexibility index (Phi) is 6.40. The van der Waals surface area contributed by atoms with E-state index >= 15 is 4.39 Å². The van der Waals surface area contributed by atoms with Gasteiger partial charge in [0.2, 0.25) is 0 Å². The summed E-state index contributed by atoms with van der Waals surface area (Å²) in [5, 5.41) is 1.03. The van der Waals surface area contributed by atoms with Gasteiger partial charge in [-0.15, -0.1) is 0 Å². The highest BCUT2D eigenvalue weighted by atomic mass is 19.1. The molecule has 2 aromatic heterocycles. The van der Waals surface area contributed by atoms with Crippen molar-refractivity contribution in [3.63, 3.8) is 0 Å². The lowest BCUT2D eigenvalue weighted by Gasteiger charge is -2.36. The molecule has 4 aromatic rings. The maximum atomic E-state index is 15.2. The van der Waals surface area contributed by atoms with Gasteiger partial charge in [-0.1, -0.05) is 0 Å². The zero-order valence-electron chi connectivity index (χ0n) is 20.8. The number of aryl methyl sites for hydroxylation is 1. The second kappa shape index (κ2) is 9.66. The second-order valence-electron chi connectivity index (χ2n) is 9.10. The Bertz CT molecular complexity index is 1440. The summed E-state index contributed by atoms with van der Waals surface area (Å²) < 4.78 is 32.8. The van der Waals surface area contributed by atoms with Crippen LogP contribution in [0, 0.1) is 12.7 Å². The molecule has 0 saturated carbocycles. The van der Waals surface area contributed by atoms with Crippen molar-refractivity contribution in [3.8, 4) is 23.0 Å². The summed E-state index contributed by atoms with van der Waals surface area (Å²) in [6, 6.07) is 10.4. The predicted octanol–water partition coefficient (Wildman–Crippen LogP) is 5.49. The molecule has 1 N–H and O–H groups in total. The largest absolute Gasteiger partial charge is 0.490 e. The molecule has 8 nitrogen and oxygen atoms in total. The number of ether oxygens (including phenoxy) is 3. The van der Waals surface area contributed by atoms with Crippen molar-refractivity contribution in [2.45, 2.75) is 26.8 Å². The SMILES string of the molecule is CCOc1cc2nccc(Oc3ccc4[nH]c(C)cc4c3F)c2cc1OC(=O)N1CCN(C)[C@@H](C)C1. The van der Waals surface area contributed by atoms with Crippen molar-refractivity contribution >= 4 is 27.9 Å². The number of hydrogen-bond acceptors (Lipinski definition) is 6. The third-order valence-corrected chi connectivity index (χ3v) is 6.54. The molecule has 0 unspecified atom stereocenters. The van der Waals surface area contributed by atoms with Crippen LogP contribution < -0.4 is 14.2 Å². The fourth-order valence-corrected chi connectivity index (χ4v) is 4.42. The van der Waals surface area contributed by atoms with Crippen molar-refractivity contribution in [2.24, 2.45) is 0 Å². The third-order valence-electron chi connectivity index (χ3n) is 6.54. The van der Waals surface area contributed by atoms with E-state index in [2.05, 4.69) is 21.8 Å². The summed E-state index contributed by atoms with van der Waals surface area (Å²) in [7, 11) is 2.04. The zero-order chi connectivity index (χ0) is 25.4. The molecule has 0 spiro atoms. The molecule has 9 heteroatoms. The summed E-state index contributed by atoms with van der Waals surface area (Å²) in [4.78, 5) is 24.4. The number of likely N-dealkylation sites (N-methyl/N-ethyl adjacent to an activating group) is 1. The van der Waals surface area contributed by atoms with Crippen molar-refractivity contribution in [3.05, 3.63) is 54.1 Å². The zero-order valence-corrected chi connectivity index (χ0v) is 20.8. The molecular weight excluding hydrogens is 463 g/mol. The summed E-state index contributed by atoms with van der Waals surface area (Å²) in [5.41, 5.74) is 2.13. The Hall–Kier alpha value is -3.85.